The average Bonchev–Trinajstić information content (AvgIpc) is 2.30. The van der Waals surface area contributed by atoms with Crippen LogP contribution in [0.2, 0.25) is 0 Å². The Morgan fingerprint density at radius 3 is 2.56 bits per heavy atom. The summed E-state index contributed by atoms with van der Waals surface area (Å²) in [7, 11) is 0. The molecular weight excluding hydrogens is 208 g/mol. The third kappa shape index (κ3) is 2.04. The van der Waals surface area contributed by atoms with Gasteiger partial charge in [0.25, 0.3) is 5.91 Å². The standard InChI is InChI=1S/C11H12N2O3/c12-11(15)8-1-3-9(4-2-8)13-5-6-16-7-10(13)14/h1-4H,5-7H2,(H2,12,15). The molecule has 84 valence electrons. The molecule has 0 atom stereocenters. The summed E-state index contributed by atoms with van der Waals surface area (Å²) in [5.41, 5.74) is 6.33. The fraction of sp³-hybridized carbons (Fsp3) is 0.273. The lowest BCUT2D eigenvalue weighted by molar-refractivity contribution is -0.125. The van der Waals surface area contributed by atoms with Crippen LogP contribution in [0.3, 0.4) is 0 Å². The lowest BCUT2D eigenvalue weighted by Gasteiger charge is -2.26. The Labute approximate surface area is 92.8 Å². The summed E-state index contributed by atoms with van der Waals surface area (Å²) in [5.74, 6) is -0.544. The highest BCUT2D eigenvalue weighted by atomic mass is 16.5. The molecule has 1 aliphatic rings. The minimum atomic E-state index is -0.472. The van der Waals surface area contributed by atoms with E-state index in [1.54, 1.807) is 29.2 Å². The highest BCUT2D eigenvalue weighted by Gasteiger charge is 2.19. The molecule has 1 heterocycles. The number of carbonyl (C=O) groups is 2. The Kier molecular flexibility index (Phi) is 2.87. The zero-order valence-corrected chi connectivity index (χ0v) is 8.68. The first-order valence-electron chi connectivity index (χ1n) is 4.96. The smallest absolute Gasteiger partial charge is 0.253 e. The Morgan fingerprint density at radius 1 is 1.31 bits per heavy atom. The van der Waals surface area contributed by atoms with Crippen LogP contribution in [-0.2, 0) is 9.53 Å². The maximum Gasteiger partial charge on any atom is 0.253 e. The van der Waals surface area contributed by atoms with Crippen molar-refractivity contribution in [1.82, 2.24) is 0 Å². The zero-order chi connectivity index (χ0) is 11.5. The monoisotopic (exact) mass is 220 g/mol. The molecule has 2 N–H and O–H groups in total. The summed E-state index contributed by atoms with van der Waals surface area (Å²) >= 11 is 0. The molecule has 0 spiro atoms. The Hall–Kier alpha value is -1.88. The minimum Gasteiger partial charge on any atom is -0.370 e. The molecular formula is C11H12N2O3. The number of carbonyl (C=O) groups excluding carboxylic acids is 2. The second kappa shape index (κ2) is 4.32. The van der Waals surface area contributed by atoms with Gasteiger partial charge in [-0.05, 0) is 24.3 Å². The van der Waals surface area contributed by atoms with Crippen LogP contribution >= 0.6 is 0 Å². The lowest BCUT2D eigenvalue weighted by Crippen LogP contribution is -2.41. The number of anilines is 1. The van der Waals surface area contributed by atoms with Crippen molar-refractivity contribution < 1.29 is 14.3 Å². The quantitative estimate of drug-likeness (QED) is 0.771. The molecule has 0 unspecified atom stereocenters. The van der Waals surface area contributed by atoms with E-state index in [0.717, 1.165) is 5.69 Å². The van der Waals surface area contributed by atoms with Gasteiger partial charge in [-0.25, -0.2) is 0 Å². The van der Waals surface area contributed by atoms with Gasteiger partial charge in [0, 0.05) is 17.8 Å². The SMILES string of the molecule is NC(=O)c1ccc(N2CCOCC2=O)cc1. The van der Waals surface area contributed by atoms with Gasteiger partial charge in [-0.1, -0.05) is 0 Å². The van der Waals surface area contributed by atoms with Crippen LogP contribution in [0.4, 0.5) is 5.69 Å². The molecule has 0 radical (unpaired) electrons. The van der Waals surface area contributed by atoms with Crippen LogP contribution < -0.4 is 10.6 Å². The molecule has 0 bridgehead atoms. The van der Waals surface area contributed by atoms with E-state index in [4.69, 9.17) is 10.5 Å². The van der Waals surface area contributed by atoms with Gasteiger partial charge in [-0.2, -0.15) is 0 Å². The summed E-state index contributed by atoms with van der Waals surface area (Å²) in [6, 6.07) is 6.65. The summed E-state index contributed by atoms with van der Waals surface area (Å²) in [6.07, 6.45) is 0. The topological polar surface area (TPSA) is 72.6 Å². The fourth-order valence-electron chi connectivity index (χ4n) is 1.60. The Bertz CT molecular complexity index is 414. The lowest BCUT2D eigenvalue weighted by atomic mass is 10.2. The van der Waals surface area contributed by atoms with Crippen molar-refractivity contribution in [3.05, 3.63) is 29.8 Å². The highest BCUT2D eigenvalue weighted by molar-refractivity contribution is 5.96. The van der Waals surface area contributed by atoms with E-state index in [0.29, 0.717) is 18.7 Å². The van der Waals surface area contributed by atoms with Crippen LogP contribution in [0.1, 0.15) is 10.4 Å². The molecule has 0 saturated carbocycles. The van der Waals surface area contributed by atoms with Crippen molar-refractivity contribution in [3.63, 3.8) is 0 Å². The van der Waals surface area contributed by atoms with Gasteiger partial charge < -0.3 is 15.4 Å². The summed E-state index contributed by atoms with van der Waals surface area (Å²) in [4.78, 5) is 24.0. The van der Waals surface area contributed by atoms with Gasteiger partial charge in [0.05, 0.1) is 6.61 Å². The number of ether oxygens (including phenoxy) is 1. The van der Waals surface area contributed by atoms with E-state index in [1.165, 1.54) is 0 Å². The van der Waals surface area contributed by atoms with E-state index in [9.17, 15) is 9.59 Å². The number of amides is 2. The number of hydrogen-bond donors (Lipinski definition) is 1. The second-order valence-corrected chi connectivity index (χ2v) is 3.51. The molecule has 1 aromatic rings. The Balaban J connectivity index is 2.20. The molecule has 1 saturated heterocycles. The van der Waals surface area contributed by atoms with Crippen molar-refractivity contribution in [1.29, 1.82) is 0 Å². The number of hydrogen-bond acceptors (Lipinski definition) is 3. The zero-order valence-electron chi connectivity index (χ0n) is 8.68. The van der Waals surface area contributed by atoms with E-state index < -0.39 is 5.91 Å². The number of morpholine rings is 1. The second-order valence-electron chi connectivity index (χ2n) is 3.51. The maximum absolute atomic E-state index is 11.5. The fourth-order valence-corrected chi connectivity index (χ4v) is 1.60. The number of rotatable bonds is 2. The maximum atomic E-state index is 11.5. The van der Waals surface area contributed by atoms with Crippen LogP contribution in [-0.4, -0.2) is 31.6 Å². The van der Waals surface area contributed by atoms with Crippen LogP contribution in [0.5, 0.6) is 0 Å². The minimum absolute atomic E-state index is 0.0712. The molecule has 1 aromatic carbocycles. The molecule has 0 aromatic heterocycles. The van der Waals surface area contributed by atoms with Gasteiger partial charge in [-0.3, -0.25) is 9.59 Å². The largest absolute Gasteiger partial charge is 0.370 e. The highest BCUT2D eigenvalue weighted by Crippen LogP contribution is 2.17. The molecule has 5 heteroatoms. The van der Waals surface area contributed by atoms with Gasteiger partial charge in [0.1, 0.15) is 6.61 Å². The van der Waals surface area contributed by atoms with E-state index in [2.05, 4.69) is 0 Å². The molecule has 1 fully saturated rings. The summed E-state index contributed by atoms with van der Waals surface area (Å²) < 4.78 is 5.03. The number of primary amides is 1. The molecule has 16 heavy (non-hydrogen) atoms. The molecule has 2 rings (SSSR count). The van der Waals surface area contributed by atoms with Crippen molar-refractivity contribution in [3.8, 4) is 0 Å². The third-order valence-corrected chi connectivity index (χ3v) is 2.45. The Morgan fingerprint density at radius 2 is 2.00 bits per heavy atom. The van der Waals surface area contributed by atoms with Crippen LogP contribution in [0.15, 0.2) is 24.3 Å². The predicted octanol–water partition coefficient (Wildman–Crippen LogP) is 0.149. The predicted molar refractivity (Wildman–Crippen MR) is 58.1 cm³/mol. The van der Waals surface area contributed by atoms with Gasteiger partial charge >= 0.3 is 0 Å². The van der Waals surface area contributed by atoms with E-state index in [-0.39, 0.29) is 12.5 Å². The first-order valence-corrected chi connectivity index (χ1v) is 4.96. The average molecular weight is 220 g/mol. The first kappa shape index (κ1) is 10.6. The van der Waals surface area contributed by atoms with Crippen LogP contribution in [0, 0.1) is 0 Å². The van der Waals surface area contributed by atoms with Gasteiger partial charge in [0.2, 0.25) is 5.91 Å². The van der Waals surface area contributed by atoms with Crippen molar-refractivity contribution in [2.24, 2.45) is 5.73 Å². The van der Waals surface area contributed by atoms with Crippen molar-refractivity contribution in [2.75, 3.05) is 24.7 Å². The first-order chi connectivity index (χ1) is 7.68. The van der Waals surface area contributed by atoms with Gasteiger partial charge in [-0.15, -0.1) is 0 Å². The molecule has 5 nitrogen and oxygen atoms in total. The number of benzene rings is 1. The normalized spacial score (nSPS) is 16.2. The molecule has 2 amide bonds. The van der Waals surface area contributed by atoms with Crippen LogP contribution in [0.25, 0.3) is 0 Å². The summed E-state index contributed by atoms with van der Waals surface area (Å²) in [5, 5.41) is 0. The summed E-state index contributed by atoms with van der Waals surface area (Å²) in [6.45, 7) is 1.18. The molecule has 0 aliphatic carbocycles. The molecule has 1 aliphatic heterocycles. The third-order valence-electron chi connectivity index (χ3n) is 2.45. The van der Waals surface area contributed by atoms with Crippen molar-refractivity contribution >= 4 is 17.5 Å². The number of nitrogens with zero attached hydrogens (tertiary/aromatic N) is 1. The van der Waals surface area contributed by atoms with E-state index in [1.807, 2.05) is 0 Å². The van der Waals surface area contributed by atoms with E-state index >= 15 is 0 Å². The van der Waals surface area contributed by atoms with Gasteiger partial charge in [0.15, 0.2) is 0 Å². The van der Waals surface area contributed by atoms with Crippen molar-refractivity contribution in [2.45, 2.75) is 0 Å². The number of nitrogens with two attached hydrogens (primary N) is 1.